The van der Waals surface area contributed by atoms with E-state index in [1.54, 1.807) is 18.5 Å². The first-order valence-electron chi connectivity index (χ1n) is 5.05. The molecule has 1 aliphatic heterocycles. The molecule has 1 aromatic heterocycles. The molecule has 0 radical (unpaired) electrons. The van der Waals surface area contributed by atoms with Crippen molar-refractivity contribution in [2.45, 2.75) is 11.9 Å². The number of carbonyl (C=O) groups is 1. The number of carboxylic acid groups (broad SMARTS) is 1. The van der Waals surface area contributed by atoms with Gasteiger partial charge < -0.3 is 9.67 Å². The number of hydrogen-bond acceptors (Lipinski definition) is 4. The van der Waals surface area contributed by atoms with Crippen LogP contribution in [0.25, 0.3) is 0 Å². The molecule has 1 N–H and O–H groups in total. The molecule has 0 aromatic carbocycles. The van der Waals surface area contributed by atoms with Gasteiger partial charge in [-0.1, -0.05) is 0 Å². The van der Waals surface area contributed by atoms with Crippen LogP contribution in [-0.2, 0) is 21.9 Å². The van der Waals surface area contributed by atoms with Gasteiger partial charge in [-0.15, -0.1) is 0 Å². The molecule has 0 saturated carbocycles. The minimum atomic E-state index is -3.63. The third-order valence-electron chi connectivity index (χ3n) is 2.89. The Balaban J connectivity index is 0.00000162. The minimum absolute atomic E-state index is 0. The number of imidazole rings is 1. The maximum atomic E-state index is 12.0. The zero-order valence-electron chi connectivity index (χ0n) is 9.49. The fourth-order valence-corrected chi connectivity index (χ4v) is 3.13. The van der Waals surface area contributed by atoms with Gasteiger partial charge in [0.25, 0.3) is 10.0 Å². The second kappa shape index (κ2) is 5.05. The molecule has 0 aliphatic carbocycles. The van der Waals surface area contributed by atoms with Crippen LogP contribution in [0, 0.1) is 12.8 Å². The van der Waals surface area contributed by atoms with E-state index in [-0.39, 0.29) is 37.0 Å². The van der Waals surface area contributed by atoms with Crippen molar-refractivity contribution >= 4 is 34.9 Å². The molecule has 2 rings (SSSR count). The topological polar surface area (TPSA) is 92.5 Å². The van der Waals surface area contributed by atoms with E-state index in [4.69, 9.17) is 5.11 Å². The molecule has 18 heavy (non-hydrogen) atoms. The summed E-state index contributed by atoms with van der Waals surface area (Å²) in [6.45, 7) is 1.75. The number of nitrogens with zero attached hydrogens (tertiary/aromatic N) is 3. The summed E-state index contributed by atoms with van der Waals surface area (Å²) in [7, 11) is -1.93. The van der Waals surface area contributed by atoms with Crippen LogP contribution in [0.4, 0.5) is 0 Å². The number of aromatic nitrogens is 2. The van der Waals surface area contributed by atoms with Gasteiger partial charge in [-0.2, -0.15) is 4.31 Å². The second-order valence-electron chi connectivity index (χ2n) is 4.09. The SMILES string of the molecule is Cc1nc(S(=O)(=O)N2CC(C(=O)O)C2)cn1C.[LiH]. The van der Waals surface area contributed by atoms with Gasteiger partial charge in [0.2, 0.25) is 0 Å². The van der Waals surface area contributed by atoms with E-state index in [2.05, 4.69) is 4.98 Å². The average molecular weight is 267 g/mol. The predicted octanol–water partition coefficient (Wildman–Crippen LogP) is -1.21. The van der Waals surface area contributed by atoms with Crippen LogP contribution in [0.1, 0.15) is 5.82 Å². The van der Waals surface area contributed by atoms with Crippen LogP contribution < -0.4 is 0 Å². The molecule has 96 valence electrons. The van der Waals surface area contributed by atoms with Crippen molar-refractivity contribution in [1.29, 1.82) is 0 Å². The number of carboxylic acids is 1. The first kappa shape index (κ1) is 15.2. The molecular weight excluding hydrogens is 253 g/mol. The number of hydrogen-bond donors (Lipinski definition) is 1. The molecule has 1 aliphatic rings. The summed E-state index contributed by atoms with van der Waals surface area (Å²) in [5.74, 6) is -0.970. The van der Waals surface area contributed by atoms with Gasteiger partial charge in [0.05, 0.1) is 5.92 Å². The van der Waals surface area contributed by atoms with Gasteiger partial charge in [0, 0.05) is 26.3 Å². The first-order chi connectivity index (χ1) is 7.82. The van der Waals surface area contributed by atoms with E-state index in [1.165, 1.54) is 6.20 Å². The Morgan fingerprint density at radius 2 is 2.06 bits per heavy atom. The monoisotopic (exact) mass is 267 g/mol. The number of aryl methyl sites for hydroxylation is 2. The molecule has 1 saturated heterocycles. The molecule has 0 unspecified atom stereocenters. The standard InChI is InChI=1S/C9H13N3O4S.Li.H/c1-6-10-8(5-11(6)2)17(15,16)12-3-7(4-12)9(13)14;;/h5,7H,3-4H2,1-2H3,(H,13,14);;. The summed E-state index contributed by atoms with van der Waals surface area (Å²) < 4.78 is 26.8. The van der Waals surface area contributed by atoms with Crippen molar-refractivity contribution in [3.05, 3.63) is 12.0 Å². The molecule has 0 amide bonds. The predicted molar refractivity (Wildman–Crippen MR) is 65.0 cm³/mol. The van der Waals surface area contributed by atoms with Crippen molar-refractivity contribution in [2.24, 2.45) is 13.0 Å². The Morgan fingerprint density at radius 3 is 2.44 bits per heavy atom. The van der Waals surface area contributed by atoms with Crippen molar-refractivity contribution in [3.8, 4) is 0 Å². The first-order valence-corrected chi connectivity index (χ1v) is 6.49. The summed E-state index contributed by atoms with van der Waals surface area (Å²) in [6.07, 6.45) is 1.43. The van der Waals surface area contributed by atoms with E-state index < -0.39 is 21.9 Å². The Morgan fingerprint density at radius 1 is 1.50 bits per heavy atom. The molecule has 0 bridgehead atoms. The third kappa shape index (κ3) is 2.47. The van der Waals surface area contributed by atoms with Crippen LogP contribution >= 0.6 is 0 Å². The van der Waals surface area contributed by atoms with E-state index >= 15 is 0 Å². The van der Waals surface area contributed by atoms with Gasteiger partial charge >= 0.3 is 24.8 Å². The quantitative estimate of drug-likeness (QED) is 0.693. The van der Waals surface area contributed by atoms with Gasteiger partial charge in [-0.25, -0.2) is 13.4 Å². The molecule has 0 atom stereocenters. The Hall–Kier alpha value is -0.813. The number of rotatable bonds is 3. The summed E-state index contributed by atoms with van der Waals surface area (Å²) >= 11 is 0. The van der Waals surface area contributed by atoms with Crippen LogP contribution in [0.2, 0.25) is 0 Å². The molecule has 0 spiro atoms. The second-order valence-corrected chi connectivity index (χ2v) is 5.98. The van der Waals surface area contributed by atoms with E-state index in [1.807, 2.05) is 0 Å². The van der Waals surface area contributed by atoms with Crippen LogP contribution in [0.15, 0.2) is 11.2 Å². The van der Waals surface area contributed by atoms with Gasteiger partial charge in [-0.3, -0.25) is 4.79 Å². The van der Waals surface area contributed by atoms with E-state index in [0.29, 0.717) is 5.82 Å². The Labute approximate surface area is 117 Å². The van der Waals surface area contributed by atoms with Crippen molar-refractivity contribution in [3.63, 3.8) is 0 Å². The summed E-state index contributed by atoms with van der Waals surface area (Å²) in [5.41, 5.74) is 0. The Kier molecular flexibility index (Phi) is 4.28. The third-order valence-corrected chi connectivity index (χ3v) is 4.59. The maximum absolute atomic E-state index is 12.0. The molecular formula is C9H14LiN3O4S. The van der Waals surface area contributed by atoms with E-state index in [9.17, 15) is 13.2 Å². The van der Waals surface area contributed by atoms with Crippen molar-refractivity contribution in [1.82, 2.24) is 13.9 Å². The summed E-state index contributed by atoms with van der Waals surface area (Å²) in [5, 5.41) is 8.67. The van der Waals surface area contributed by atoms with Crippen LogP contribution in [-0.4, -0.2) is 65.3 Å². The van der Waals surface area contributed by atoms with Gasteiger partial charge in [-0.05, 0) is 6.92 Å². The average Bonchev–Trinajstić information content (AvgIpc) is 2.43. The van der Waals surface area contributed by atoms with Gasteiger partial charge in [0.1, 0.15) is 5.82 Å². The number of aliphatic carboxylic acids is 1. The zero-order valence-corrected chi connectivity index (χ0v) is 10.3. The Bertz CT molecular complexity index is 543. The number of sulfonamides is 1. The van der Waals surface area contributed by atoms with E-state index in [0.717, 1.165) is 4.31 Å². The normalized spacial score (nSPS) is 17.0. The zero-order chi connectivity index (χ0) is 12.8. The van der Waals surface area contributed by atoms with Crippen LogP contribution in [0.5, 0.6) is 0 Å². The summed E-state index contributed by atoms with van der Waals surface area (Å²) in [4.78, 5) is 14.5. The summed E-state index contributed by atoms with van der Waals surface area (Å²) in [6, 6.07) is 0. The van der Waals surface area contributed by atoms with Crippen molar-refractivity contribution < 1.29 is 18.3 Å². The van der Waals surface area contributed by atoms with Crippen molar-refractivity contribution in [2.75, 3.05) is 13.1 Å². The molecule has 1 fully saturated rings. The fraction of sp³-hybridized carbons (Fsp3) is 0.556. The fourth-order valence-electron chi connectivity index (χ4n) is 1.57. The molecule has 1 aromatic rings. The molecule has 9 heteroatoms. The van der Waals surface area contributed by atoms with Gasteiger partial charge in [0.15, 0.2) is 5.03 Å². The van der Waals surface area contributed by atoms with Crippen LogP contribution in [0.3, 0.4) is 0 Å². The molecule has 2 heterocycles. The molecule has 7 nitrogen and oxygen atoms in total.